The summed E-state index contributed by atoms with van der Waals surface area (Å²) in [7, 11) is 0. The molecular weight excluding hydrogens is 186 g/mol. The van der Waals surface area contributed by atoms with Crippen LogP contribution in [-0.2, 0) is 4.74 Å². The van der Waals surface area contributed by atoms with Crippen LogP contribution in [0.15, 0.2) is 30.3 Å². The molecule has 1 aromatic carbocycles. The Bertz CT molecular complexity index is 340. The average Bonchev–Trinajstić information content (AvgIpc) is 2.29. The van der Waals surface area contributed by atoms with Crippen molar-refractivity contribution in [2.24, 2.45) is 0 Å². The molecule has 0 spiro atoms. The molecule has 1 saturated heterocycles. The summed E-state index contributed by atoms with van der Waals surface area (Å²) in [6, 6.07) is 8.75. The van der Waals surface area contributed by atoms with Crippen LogP contribution in [0.25, 0.3) is 6.08 Å². The summed E-state index contributed by atoms with van der Waals surface area (Å²) in [5.41, 5.74) is 2.59. The van der Waals surface area contributed by atoms with Crippen molar-refractivity contribution in [1.29, 1.82) is 0 Å². The highest BCUT2D eigenvalue weighted by Crippen LogP contribution is 2.09. The van der Waals surface area contributed by atoms with Crippen LogP contribution in [0.3, 0.4) is 0 Å². The van der Waals surface area contributed by atoms with Crippen molar-refractivity contribution < 1.29 is 4.74 Å². The van der Waals surface area contributed by atoms with Gasteiger partial charge < -0.3 is 10.1 Å². The van der Waals surface area contributed by atoms with Crippen LogP contribution >= 0.6 is 0 Å². The monoisotopic (exact) mass is 203 g/mol. The molecule has 1 N–H and O–H groups in total. The van der Waals surface area contributed by atoms with Crippen LogP contribution in [0, 0.1) is 6.92 Å². The SMILES string of the molecule is Cc1ccccc1/C=C/C1COCCN1. The minimum atomic E-state index is 0.360. The molecule has 0 bridgehead atoms. The molecule has 0 radical (unpaired) electrons. The number of hydrogen-bond donors (Lipinski definition) is 1. The lowest BCUT2D eigenvalue weighted by molar-refractivity contribution is 0.0903. The molecular formula is C13H17NO. The smallest absolute Gasteiger partial charge is 0.0656 e. The molecule has 15 heavy (non-hydrogen) atoms. The number of benzene rings is 1. The van der Waals surface area contributed by atoms with E-state index in [2.05, 4.69) is 48.7 Å². The zero-order chi connectivity index (χ0) is 10.5. The third kappa shape index (κ3) is 2.91. The molecule has 1 unspecified atom stereocenters. The van der Waals surface area contributed by atoms with E-state index in [1.54, 1.807) is 0 Å². The second kappa shape index (κ2) is 5.10. The fraction of sp³-hybridized carbons (Fsp3) is 0.385. The Labute approximate surface area is 91.0 Å². The minimum Gasteiger partial charge on any atom is -0.378 e. The molecule has 2 heteroatoms. The van der Waals surface area contributed by atoms with E-state index in [1.807, 2.05) is 0 Å². The van der Waals surface area contributed by atoms with Gasteiger partial charge in [0, 0.05) is 12.6 Å². The Morgan fingerprint density at radius 3 is 3.00 bits per heavy atom. The maximum Gasteiger partial charge on any atom is 0.0656 e. The number of morpholine rings is 1. The van der Waals surface area contributed by atoms with Crippen molar-refractivity contribution in [1.82, 2.24) is 5.32 Å². The van der Waals surface area contributed by atoms with E-state index in [9.17, 15) is 0 Å². The van der Waals surface area contributed by atoms with Crippen molar-refractivity contribution >= 4 is 6.08 Å². The van der Waals surface area contributed by atoms with Crippen LogP contribution in [0.5, 0.6) is 0 Å². The van der Waals surface area contributed by atoms with Gasteiger partial charge in [-0.2, -0.15) is 0 Å². The van der Waals surface area contributed by atoms with Crippen LogP contribution in [-0.4, -0.2) is 25.8 Å². The first kappa shape index (κ1) is 10.4. The van der Waals surface area contributed by atoms with Crippen molar-refractivity contribution in [2.75, 3.05) is 19.8 Å². The zero-order valence-electron chi connectivity index (χ0n) is 9.07. The fourth-order valence-electron chi connectivity index (χ4n) is 1.70. The van der Waals surface area contributed by atoms with Crippen LogP contribution in [0.1, 0.15) is 11.1 Å². The van der Waals surface area contributed by atoms with Crippen molar-refractivity contribution in [3.63, 3.8) is 0 Å². The van der Waals surface area contributed by atoms with E-state index in [0.29, 0.717) is 6.04 Å². The summed E-state index contributed by atoms with van der Waals surface area (Å²) in [6.07, 6.45) is 4.35. The molecule has 1 fully saturated rings. The van der Waals surface area contributed by atoms with Gasteiger partial charge in [-0.1, -0.05) is 36.4 Å². The predicted octanol–water partition coefficient (Wildman–Crippen LogP) is 2.00. The van der Waals surface area contributed by atoms with Gasteiger partial charge in [0.05, 0.1) is 13.2 Å². The molecule has 0 aromatic heterocycles. The Kier molecular flexibility index (Phi) is 3.54. The Hall–Kier alpha value is -1.12. The summed E-state index contributed by atoms with van der Waals surface area (Å²) >= 11 is 0. The Morgan fingerprint density at radius 2 is 2.27 bits per heavy atom. The summed E-state index contributed by atoms with van der Waals surface area (Å²) in [6.45, 7) is 4.68. The van der Waals surface area contributed by atoms with Crippen LogP contribution < -0.4 is 5.32 Å². The minimum absolute atomic E-state index is 0.360. The van der Waals surface area contributed by atoms with Crippen molar-refractivity contribution in [3.8, 4) is 0 Å². The van der Waals surface area contributed by atoms with Gasteiger partial charge in [-0.3, -0.25) is 0 Å². The van der Waals surface area contributed by atoms with Gasteiger partial charge in [-0.25, -0.2) is 0 Å². The normalized spacial score (nSPS) is 22.1. The van der Waals surface area contributed by atoms with E-state index in [0.717, 1.165) is 19.8 Å². The van der Waals surface area contributed by atoms with Gasteiger partial charge in [0.1, 0.15) is 0 Å². The number of aryl methyl sites for hydroxylation is 1. The second-order valence-electron chi connectivity index (χ2n) is 3.85. The zero-order valence-corrected chi connectivity index (χ0v) is 9.07. The highest BCUT2D eigenvalue weighted by molar-refractivity contribution is 5.53. The van der Waals surface area contributed by atoms with E-state index in [-0.39, 0.29) is 0 Å². The standard InChI is InChI=1S/C13H17NO/c1-11-4-2-3-5-12(11)6-7-13-10-15-9-8-14-13/h2-7,13-14H,8-10H2,1H3/b7-6+. The lowest BCUT2D eigenvalue weighted by Gasteiger charge is -2.20. The molecule has 2 nitrogen and oxygen atoms in total. The molecule has 2 rings (SSSR count). The van der Waals surface area contributed by atoms with E-state index >= 15 is 0 Å². The van der Waals surface area contributed by atoms with E-state index in [1.165, 1.54) is 11.1 Å². The number of ether oxygens (including phenoxy) is 1. The number of rotatable bonds is 2. The maximum absolute atomic E-state index is 5.39. The molecule has 1 aromatic rings. The summed E-state index contributed by atoms with van der Waals surface area (Å²) in [5.74, 6) is 0. The Balaban J connectivity index is 2.01. The molecule has 1 heterocycles. The predicted molar refractivity (Wildman–Crippen MR) is 62.8 cm³/mol. The van der Waals surface area contributed by atoms with Gasteiger partial charge in [0.25, 0.3) is 0 Å². The lowest BCUT2D eigenvalue weighted by atomic mass is 10.1. The van der Waals surface area contributed by atoms with Gasteiger partial charge in [-0.05, 0) is 18.1 Å². The van der Waals surface area contributed by atoms with Gasteiger partial charge in [-0.15, -0.1) is 0 Å². The highest BCUT2D eigenvalue weighted by Gasteiger charge is 2.08. The first-order chi connectivity index (χ1) is 7.36. The maximum atomic E-state index is 5.39. The van der Waals surface area contributed by atoms with Crippen molar-refractivity contribution in [3.05, 3.63) is 41.5 Å². The van der Waals surface area contributed by atoms with Crippen LogP contribution in [0.2, 0.25) is 0 Å². The summed E-state index contributed by atoms with van der Waals surface area (Å²) in [5, 5.41) is 3.40. The third-order valence-corrected chi connectivity index (χ3v) is 2.65. The molecule has 0 saturated carbocycles. The molecule has 1 aliphatic rings. The van der Waals surface area contributed by atoms with Gasteiger partial charge >= 0.3 is 0 Å². The quantitative estimate of drug-likeness (QED) is 0.793. The summed E-state index contributed by atoms with van der Waals surface area (Å²) < 4.78 is 5.39. The van der Waals surface area contributed by atoms with Gasteiger partial charge in [0.15, 0.2) is 0 Å². The van der Waals surface area contributed by atoms with Crippen LogP contribution in [0.4, 0.5) is 0 Å². The number of nitrogens with one attached hydrogen (secondary N) is 1. The highest BCUT2D eigenvalue weighted by atomic mass is 16.5. The van der Waals surface area contributed by atoms with Crippen molar-refractivity contribution in [2.45, 2.75) is 13.0 Å². The summed E-state index contributed by atoms with van der Waals surface area (Å²) in [4.78, 5) is 0. The molecule has 80 valence electrons. The largest absolute Gasteiger partial charge is 0.378 e. The molecule has 1 atom stereocenters. The molecule has 0 amide bonds. The first-order valence-electron chi connectivity index (χ1n) is 5.41. The Morgan fingerprint density at radius 1 is 1.40 bits per heavy atom. The second-order valence-corrected chi connectivity index (χ2v) is 3.85. The number of hydrogen-bond acceptors (Lipinski definition) is 2. The van der Waals surface area contributed by atoms with Gasteiger partial charge in [0.2, 0.25) is 0 Å². The first-order valence-corrected chi connectivity index (χ1v) is 5.41. The topological polar surface area (TPSA) is 21.3 Å². The average molecular weight is 203 g/mol. The molecule has 0 aliphatic carbocycles. The lowest BCUT2D eigenvalue weighted by Crippen LogP contribution is -2.39. The van der Waals surface area contributed by atoms with E-state index < -0.39 is 0 Å². The fourth-order valence-corrected chi connectivity index (χ4v) is 1.70. The van der Waals surface area contributed by atoms with E-state index in [4.69, 9.17) is 4.74 Å². The molecule has 1 aliphatic heterocycles. The third-order valence-electron chi connectivity index (χ3n) is 2.65.